The summed E-state index contributed by atoms with van der Waals surface area (Å²) in [5.74, 6) is -0.0931. The molecule has 0 bridgehead atoms. The topological polar surface area (TPSA) is 29.1 Å². The van der Waals surface area contributed by atoms with Gasteiger partial charge in [-0.15, -0.1) is 0 Å². The smallest absolute Gasteiger partial charge is 0.221 e. The predicted octanol–water partition coefficient (Wildman–Crippen LogP) is 3.97. The first-order valence-electron chi connectivity index (χ1n) is 5.29. The first kappa shape index (κ1) is 11.7. The lowest BCUT2D eigenvalue weighted by Gasteiger charge is -2.10. The molecule has 0 unspecified atom stereocenters. The lowest BCUT2D eigenvalue weighted by molar-refractivity contribution is -0.114. The summed E-state index contributed by atoms with van der Waals surface area (Å²) < 4.78 is 0. The van der Waals surface area contributed by atoms with Crippen LogP contribution in [0, 0.1) is 0 Å². The fourth-order valence-corrected chi connectivity index (χ4v) is 1.84. The Morgan fingerprint density at radius 3 is 2.47 bits per heavy atom. The van der Waals surface area contributed by atoms with Gasteiger partial charge in [0.1, 0.15) is 0 Å². The number of anilines is 1. The SMILES string of the molecule is CC(=O)Nc1ccc(Cl)cc1-c1ccccc1. The molecule has 86 valence electrons. The van der Waals surface area contributed by atoms with Gasteiger partial charge in [0.25, 0.3) is 0 Å². The van der Waals surface area contributed by atoms with Crippen molar-refractivity contribution in [3.05, 3.63) is 53.6 Å². The summed E-state index contributed by atoms with van der Waals surface area (Å²) in [7, 11) is 0. The van der Waals surface area contributed by atoms with Gasteiger partial charge in [-0.2, -0.15) is 0 Å². The van der Waals surface area contributed by atoms with Gasteiger partial charge in [-0.05, 0) is 23.8 Å². The van der Waals surface area contributed by atoms with E-state index in [1.165, 1.54) is 6.92 Å². The summed E-state index contributed by atoms with van der Waals surface area (Å²) in [6.45, 7) is 1.49. The summed E-state index contributed by atoms with van der Waals surface area (Å²) in [6.07, 6.45) is 0. The van der Waals surface area contributed by atoms with E-state index in [-0.39, 0.29) is 5.91 Å². The van der Waals surface area contributed by atoms with Crippen molar-refractivity contribution < 1.29 is 4.79 Å². The Morgan fingerprint density at radius 1 is 1.12 bits per heavy atom. The van der Waals surface area contributed by atoms with Crippen LogP contribution in [0.5, 0.6) is 0 Å². The van der Waals surface area contributed by atoms with E-state index < -0.39 is 0 Å². The summed E-state index contributed by atoms with van der Waals surface area (Å²) in [4.78, 5) is 11.1. The van der Waals surface area contributed by atoms with Gasteiger partial charge in [-0.1, -0.05) is 41.9 Å². The Labute approximate surface area is 105 Å². The number of amides is 1. The number of rotatable bonds is 2. The third-order valence-electron chi connectivity index (χ3n) is 2.38. The van der Waals surface area contributed by atoms with Gasteiger partial charge in [-0.3, -0.25) is 4.79 Å². The van der Waals surface area contributed by atoms with Crippen molar-refractivity contribution >= 4 is 23.2 Å². The fourth-order valence-electron chi connectivity index (χ4n) is 1.67. The summed E-state index contributed by atoms with van der Waals surface area (Å²) >= 11 is 5.99. The number of hydrogen-bond acceptors (Lipinski definition) is 1. The number of hydrogen-bond donors (Lipinski definition) is 1. The van der Waals surface area contributed by atoms with Gasteiger partial charge < -0.3 is 5.32 Å². The molecule has 2 rings (SSSR count). The Bertz CT molecular complexity index is 537. The molecule has 2 nitrogen and oxygen atoms in total. The summed E-state index contributed by atoms with van der Waals surface area (Å²) in [6, 6.07) is 15.2. The molecule has 0 spiro atoms. The first-order chi connectivity index (χ1) is 8.16. The first-order valence-corrected chi connectivity index (χ1v) is 5.67. The van der Waals surface area contributed by atoms with Crippen LogP contribution in [0.4, 0.5) is 5.69 Å². The molecule has 2 aromatic rings. The molecule has 0 aromatic heterocycles. The molecule has 0 aliphatic heterocycles. The highest BCUT2D eigenvalue weighted by molar-refractivity contribution is 6.31. The van der Waals surface area contributed by atoms with Crippen LogP contribution in [0.15, 0.2) is 48.5 Å². The summed E-state index contributed by atoms with van der Waals surface area (Å²) in [5, 5.41) is 3.45. The van der Waals surface area contributed by atoms with E-state index in [1.54, 1.807) is 6.07 Å². The third kappa shape index (κ3) is 2.86. The zero-order chi connectivity index (χ0) is 12.3. The van der Waals surface area contributed by atoms with Crippen LogP contribution in [0.3, 0.4) is 0 Å². The zero-order valence-electron chi connectivity index (χ0n) is 9.41. The van der Waals surface area contributed by atoms with Crippen LogP contribution >= 0.6 is 11.6 Å². The minimum absolute atomic E-state index is 0.0931. The van der Waals surface area contributed by atoms with Gasteiger partial charge >= 0.3 is 0 Å². The van der Waals surface area contributed by atoms with Crippen LogP contribution < -0.4 is 5.32 Å². The van der Waals surface area contributed by atoms with Gasteiger partial charge in [-0.25, -0.2) is 0 Å². The minimum atomic E-state index is -0.0931. The molecular formula is C14H12ClNO. The normalized spacial score (nSPS) is 10.0. The van der Waals surface area contributed by atoms with Gasteiger partial charge in [0.05, 0.1) is 0 Å². The largest absolute Gasteiger partial charge is 0.326 e. The predicted molar refractivity (Wildman–Crippen MR) is 71.2 cm³/mol. The lowest BCUT2D eigenvalue weighted by Crippen LogP contribution is -2.06. The van der Waals surface area contributed by atoms with E-state index in [9.17, 15) is 4.79 Å². The van der Waals surface area contributed by atoms with Crippen LogP contribution in [-0.4, -0.2) is 5.91 Å². The standard InChI is InChI=1S/C14H12ClNO/c1-10(17)16-14-8-7-12(15)9-13(14)11-5-3-2-4-6-11/h2-9H,1H3,(H,16,17). The minimum Gasteiger partial charge on any atom is -0.326 e. The van der Waals surface area contributed by atoms with Crippen LogP contribution in [0.25, 0.3) is 11.1 Å². The second kappa shape index (κ2) is 5.02. The monoisotopic (exact) mass is 245 g/mol. The molecule has 0 fully saturated rings. The highest BCUT2D eigenvalue weighted by Gasteiger charge is 2.06. The molecule has 0 saturated carbocycles. The molecular weight excluding hydrogens is 234 g/mol. The number of benzene rings is 2. The zero-order valence-corrected chi connectivity index (χ0v) is 10.2. The Morgan fingerprint density at radius 2 is 1.82 bits per heavy atom. The molecule has 0 aliphatic rings. The average Bonchev–Trinajstić information content (AvgIpc) is 2.32. The molecule has 2 aromatic carbocycles. The molecule has 0 atom stereocenters. The van der Waals surface area contributed by atoms with E-state index in [0.717, 1.165) is 16.8 Å². The van der Waals surface area contributed by atoms with E-state index in [1.807, 2.05) is 42.5 Å². The molecule has 0 heterocycles. The molecule has 0 aliphatic carbocycles. The van der Waals surface area contributed by atoms with Crippen molar-refractivity contribution in [2.45, 2.75) is 6.92 Å². The van der Waals surface area contributed by atoms with Crippen molar-refractivity contribution in [3.8, 4) is 11.1 Å². The van der Waals surface area contributed by atoms with Gasteiger partial charge in [0.15, 0.2) is 0 Å². The molecule has 1 amide bonds. The average molecular weight is 246 g/mol. The van der Waals surface area contributed by atoms with Crippen LogP contribution in [0.1, 0.15) is 6.92 Å². The summed E-state index contributed by atoms with van der Waals surface area (Å²) in [5.41, 5.74) is 2.72. The van der Waals surface area contributed by atoms with E-state index in [0.29, 0.717) is 5.02 Å². The van der Waals surface area contributed by atoms with Crippen molar-refractivity contribution in [1.82, 2.24) is 0 Å². The van der Waals surface area contributed by atoms with E-state index in [2.05, 4.69) is 5.32 Å². The highest BCUT2D eigenvalue weighted by atomic mass is 35.5. The number of carbonyl (C=O) groups excluding carboxylic acids is 1. The maximum absolute atomic E-state index is 11.1. The number of nitrogens with one attached hydrogen (secondary N) is 1. The quantitative estimate of drug-likeness (QED) is 0.852. The lowest BCUT2D eigenvalue weighted by atomic mass is 10.0. The number of carbonyl (C=O) groups is 1. The van der Waals surface area contributed by atoms with Crippen molar-refractivity contribution in [3.63, 3.8) is 0 Å². The maximum atomic E-state index is 11.1. The Hall–Kier alpha value is -1.80. The molecule has 17 heavy (non-hydrogen) atoms. The van der Waals surface area contributed by atoms with Gasteiger partial charge in [0, 0.05) is 23.2 Å². The second-order valence-corrected chi connectivity index (χ2v) is 4.17. The third-order valence-corrected chi connectivity index (χ3v) is 2.61. The van der Waals surface area contributed by atoms with Crippen LogP contribution in [-0.2, 0) is 4.79 Å². The van der Waals surface area contributed by atoms with Crippen molar-refractivity contribution in [2.24, 2.45) is 0 Å². The van der Waals surface area contributed by atoms with Crippen molar-refractivity contribution in [2.75, 3.05) is 5.32 Å². The number of halogens is 1. The Kier molecular flexibility index (Phi) is 3.45. The molecule has 1 N–H and O–H groups in total. The molecule has 0 radical (unpaired) electrons. The molecule has 0 saturated heterocycles. The van der Waals surface area contributed by atoms with Crippen molar-refractivity contribution in [1.29, 1.82) is 0 Å². The van der Waals surface area contributed by atoms with Crippen LogP contribution in [0.2, 0.25) is 5.02 Å². The fraction of sp³-hybridized carbons (Fsp3) is 0.0714. The second-order valence-electron chi connectivity index (χ2n) is 3.74. The van der Waals surface area contributed by atoms with E-state index >= 15 is 0 Å². The molecule has 3 heteroatoms. The maximum Gasteiger partial charge on any atom is 0.221 e. The Balaban J connectivity index is 2.51. The highest BCUT2D eigenvalue weighted by Crippen LogP contribution is 2.30. The van der Waals surface area contributed by atoms with Gasteiger partial charge in [0.2, 0.25) is 5.91 Å². The van der Waals surface area contributed by atoms with E-state index in [4.69, 9.17) is 11.6 Å².